The van der Waals surface area contributed by atoms with Crippen LogP contribution in [0, 0.1) is 5.92 Å². The Labute approximate surface area is 114 Å². The van der Waals surface area contributed by atoms with Gasteiger partial charge in [0.05, 0.1) is 12.2 Å². The maximum absolute atomic E-state index is 12.1. The van der Waals surface area contributed by atoms with Gasteiger partial charge < -0.3 is 11.1 Å². The van der Waals surface area contributed by atoms with Gasteiger partial charge in [-0.2, -0.15) is 5.10 Å². The molecule has 1 aromatic rings. The zero-order valence-electron chi connectivity index (χ0n) is 11.9. The second-order valence-corrected chi connectivity index (χ2v) is 5.40. The first-order chi connectivity index (χ1) is 9.15. The second kappa shape index (κ2) is 6.19. The molecule has 3 N–H and O–H groups in total. The van der Waals surface area contributed by atoms with Crippen LogP contribution >= 0.6 is 0 Å². The highest BCUT2D eigenvalue weighted by atomic mass is 16.1. The van der Waals surface area contributed by atoms with E-state index in [0.717, 1.165) is 25.7 Å². The van der Waals surface area contributed by atoms with Crippen molar-refractivity contribution < 1.29 is 4.79 Å². The number of hydrogen-bond acceptors (Lipinski definition) is 3. The molecule has 1 heterocycles. The number of aromatic nitrogens is 2. The first-order valence-electron chi connectivity index (χ1n) is 7.15. The maximum Gasteiger partial charge on any atom is 0.220 e. The number of carbonyl (C=O) groups is 1. The van der Waals surface area contributed by atoms with Crippen molar-refractivity contribution in [2.75, 3.05) is 6.54 Å². The van der Waals surface area contributed by atoms with Crippen LogP contribution in [0.3, 0.4) is 0 Å². The van der Waals surface area contributed by atoms with E-state index in [4.69, 9.17) is 5.73 Å². The minimum atomic E-state index is 0.110. The van der Waals surface area contributed by atoms with Crippen LogP contribution < -0.4 is 11.1 Å². The van der Waals surface area contributed by atoms with Crippen molar-refractivity contribution in [2.45, 2.75) is 45.1 Å². The van der Waals surface area contributed by atoms with E-state index < -0.39 is 0 Å². The molecule has 19 heavy (non-hydrogen) atoms. The Hall–Kier alpha value is -1.36. The van der Waals surface area contributed by atoms with Gasteiger partial charge in [-0.05, 0) is 31.7 Å². The van der Waals surface area contributed by atoms with E-state index in [0.29, 0.717) is 13.0 Å². The van der Waals surface area contributed by atoms with E-state index in [1.165, 1.54) is 11.3 Å². The molecule has 0 aromatic carbocycles. The Morgan fingerprint density at radius 1 is 1.68 bits per heavy atom. The molecule has 0 bridgehead atoms. The van der Waals surface area contributed by atoms with Crippen LogP contribution in [0.1, 0.15) is 49.9 Å². The summed E-state index contributed by atoms with van der Waals surface area (Å²) < 4.78 is 1.92. The third-order valence-corrected chi connectivity index (χ3v) is 4.10. The normalized spacial score (nSPS) is 19.8. The van der Waals surface area contributed by atoms with Crippen molar-refractivity contribution in [3.8, 4) is 0 Å². The van der Waals surface area contributed by atoms with E-state index in [1.54, 1.807) is 0 Å². The number of carbonyl (C=O) groups excluding carboxylic acids is 1. The van der Waals surface area contributed by atoms with Gasteiger partial charge in [0.2, 0.25) is 5.91 Å². The largest absolute Gasteiger partial charge is 0.349 e. The molecule has 2 unspecified atom stereocenters. The number of aryl methyl sites for hydroxylation is 1. The minimum Gasteiger partial charge on any atom is -0.349 e. The monoisotopic (exact) mass is 264 g/mol. The molecule has 5 nitrogen and oxygen atoms in total. The highest BCUT2D eigenvalue weighted by molar-refractivity contribution is 5.76. The van der Waals surface area contributed by atoms with Crippen molar-refractivity contribution in [1.29, 1.82) is 0 Å². The van der Waals surface area contributed by atoms with Gasteiger partial charge in [-0.3, -0.25) is 9.48 Å². The van der Waals surface area contributed by atoms with Crippen LogP contribution in [0.25, 0.3) is 0 Å². The van der Waals surface area contributed by atoms with E-state index in [2.05, 4.69) is 17.3 Å². The molecule has 1 amide bonds. The lowest BCUT2D eigenvalue weighted by atomic mass is 9.92. The fourth-order valence-electron chi connectivity index (χ4n) is 2.77. The van der Waals surface area contributed by atoms with Gasteiger partial charge in [0.25, 0.3) is 0 Å². The van der Waals surface area contributed by atoms with Crippen molar-refractivity contribution >= 4 is 5.91 Å². The average Bonchev–Trinajstić information content (AvgIpc) is 2.79. The quantitative estimate of drug-likeness (QED) is 0.841. The molecule has 2 atom stereocenters. The Morgan fingerprint density at radius 3 is 3.16 bits per heavy atom. The van der Waals surface area contributed by atoms with Gasteiger partial charge in [-0.15, -0.1) is 0 Å². The highest BCUT2D eigenvalue weighted by Gasteiger charge is 2.25. The fraction of sp³-hybridized carbons (Fsp3) is 0.714. The summed E-state index contributed by atoms with van der Waals surface area (Å²) in [7, 11) is 1.96. The lowest BCUT2D eigenvalue weighted by Crippen LogP contribution is -2.33. The van der Waals surface area contributed by atoms with Gasteiger partial charge in [-0.1, -0.05) is 13.3 Å². The summed E-state index contributed by atoms with van der Waals surface area (Å²) in [6.07, 6.45) is 6.53. The molecule has 0 saturated carbocycles. The van der Waals surface area contributed by atoms with Crippen LogP contribution in [-0.2, 0) is 18.3 Å². The Balaban J connectivity index is 1.98. The van der Waals surface area contributed by atoms with Crippen LogP contribution in [0.5, 0.6) is 0 Å². The number of rotatable bonds is 5. The summed E-state index contributed by atoms with van der Waals surface area (Å²) in [5, 5.41) is 7.43. The van der Waals surface area contributed by atoms with E-state index in [1.807, 2.05) is 17.9 Å². The zero-order valence-corrected chi connectivity index (χ0v) is 11.9. The lowest BCUT2D eigenvalue weighted by Gasteiger charge is -2.24. The molecule has 0 fully saturated rings. The smallest absolute Gasteiger partial charge is 0.220 e. The number of nitrogens with two attached hydrogens (primary N) is 1. The molecule has 1 aliphatic rings. The Bertz CT molecular complexity index is 437. The average molecular weight is 264 g/mol. The summed E-state index contributed by atoms with van der Waals surface area (Å²) in [5.74, 6) is 0.399. The van der Waals surface area contributed by atoms with Gasteiger partial charge in [0, 0.05) is 24.7 Å². The molecule has 106 valence electrons. The van der Waals surface area contributed by atoms with Crippen molar-refractivity contribution in [1.82, 2.24) is 15.1 Å². The molecule has 0 radical (unpaired) electrons. The standard InChI is InChI=1S/C14H24N4O/c1-3-10(8-15)7-14(19)17-12-5-4-6-13-11(12)9-16-18(13)2/h9-10,12H,3-8,15H2,1-2H3,(H,17,19). The van der Waals surface area contributed by atoms with Crippen LogP contribution in [-0.4, -0.2) is 22.2 Å². The van der Waals surface area contributed by atoms with Crippen LogP contribution in [0.4, 0.5) is 0 Å². The van der Waals surface area contributed by atoms with Crippen molar-refractivity contribution in [2.24, 2.45) is 18.7 Å². The van der Waals surface area contributed by atoms with Gasteiger partial charge in [-0.25, -0.2) is 0 Å². The molecule has 0 aliphatic heterocycles. The van der Waals surface area contributed by atoms with Gasteiger partial charge >= 0.3 is 0 Å². The highest BCUT2D eigenvalue weighted by Crippen LogP contribution is 2.29. The van der Waals surface area contributed by atoms with E-state index in [9.17, 15) is 4.79 Å². The molecule has 0 spiro atoms. The SMILES string of the molecule is CCC(CN)CC(=O)NC1CCCc2c1cnn2C. The first kappa shape index (κ1) is 14.1. The predicted molar refractivity (Wildman–Crippen MR) is 74.5 cm³/mol. The summed E-state index contributed by atoms with van der Waals surface area (Å²) >= 11 is 0. The van der Waals surface area contributed by atoms with Gasteiger partial charge in [0.15, 0.2) is 0 Å². The third kappa shape index (κ3) is 3.15. The number of amides is 1. The predicted octanol–water partition coefficient (Wildman–Crippen LogP) is 1.29. The molecular weight excluding hydrogens is 240 g/mol. The topological polar surface area (TPSA) is 72.9 Å². The van der Waals surface area contributed by atoms with Crippen LogP contribution in [0.2, 0.25) is 0 Å². The summed E-state index contributed by atoms with van der Waals surface area (Å²) in [5.41, 5.74) is 8.09. The molecule has 0 saturated heterocycles. The van der Waals surface area contributed by atoms with Gasteiger partial charge in [0.1, 0.15) is 0 Å². The number of hydrogen-bond donors (Lipinski definition) is 2. The molecule has 1 aliphatic carbocycles. The number of nitrogens with one attached hydrogen (secondary N) is 1. The third-order valence-electron chi connectivity index (χ3n) is 4.10. The van der Waals surface area contributed by atoms with E-state index >= 15 is 0 Å². The van der Waals surface area contributed by atoms with Crippen molar-refractivity contribution in [3.05, 3.63) is 17.5 Å². The summed E-state index contributed by atoms with van der Waals surface area (Å²) in [4.78, 5) is 12.1. The zero-order chi connectivity index (χ0) is 13.8. The minimum absolute atomic E-state index is 0.110. The molecule has 1 aromatic heterocycles. The Kier molecular flexibility index (Phi) is 4.58. The van der Waals surface area contributed by atoms with Crippen molar-refractivity contribution in [3.63, 3.8) is 0 Å². The lowest BCUT2D eigenvalue weighted by molar-refractivity contribution is -0.122. The summed E-state index contributed by atoms with van der Waals surface area (Å²) in [6.45, 7) is 2.65. The Morgan fingerprint density at radius 2 is 2.47 bits per heavy atom. The number of nitrogens with zero attached hydrogens (tertiary/aromatic N) is 2. The molecule has 2 rings (SSSR count). The first-order valence-corrected chi connectivity index (χ1v) is 7.15. The fourth-order valence-corrected chi connectivity index (χ4v) is 2.77. The maximum atomic E-state index is 12.1. The molecule has 5 heteroatoms. The molecular formula is C14H24N4O. The number of fused-ring (bicyclic) bond motifs is 1. The van der Waals surface area contributed by atoms with E-state index in [-0.39, 0.29) is 17.9 Å². The van der Waals surface area contributed by atoms with Crippen LogP contribution in [0.15, 0.2) is 6.20 Å². The second-order valence-electron chi connectivity index (χ2n) is 5.40. The summed E-state index contributed by atoms with van der Waals surface area (Å²) in [6, 6.07) is 0.125.